The summed E-state index contributed by atoms with van der Waals surface area (Å²) >= 11 is 1.23. The smallest absolute Gasteiger partial charge is 0.304 e. The summed E-state index contributed by atoms with van der Waals surface area (Å²) in [6.45, 7) is 3.82. The monoisotopic (exact) mass is 521 g/mol. The summed E-state index contributed by atoms with van der Waals surface area (Å²) in [7, 11) is 2.06. The average molecular weight is 522 g/mol. The van der Waals surface area contributed by atoms with E-state index in [9.17, 15) is 4.79 Å². The van der Waals surface area contributed by atoms with Gasteiger partial charge in [0, 0.05) is 43.3 Å². The number of pyridine rings is 1. The van der Waals surface area contributed by atoms with Crippen molar-refractivity contribution in [2.45, 2.75) is 5.92 Å². The first-order chi connectivity index (χ1) is 17.7. The van der Waals surface area contributed by atoms with E-state index in [0.717, 1.165) is 26.2 Å². The number of aromatic nitrogens is 3. The van der Waals surface area contributed by atoms with Crippen LogP contribution in [0.15, 0.2) is 60.8 Å². The number of fused-ring (bicyclic) bond motifs is 1. The van der Waals surface area contributed by atoms with Gasteiger partial charge in [-0.1, -0.05) is 12.1 Å². The van der Waals surface area contributed by atoms with Crippen molar-refractivity contribution in [1.82, 2.24) is 24.6 Å². The third-order valence-electron chi connectivity index (χ3n) is 6.41. The van der Waals surface area contributed by atoms with E-state index < -0.39 is 11.8 Å². The van der Waals surface area contributed by atoms with Gasteiger partial charge in [-0.2, -0.15) is 18.6 Å². The summed E-state index contributed by atoms with van der Waals surface area (Å²) in [4.78, 5) is 22.5. The molecule has 3 aromatic heterocycles. The number of alkyl halides is 2. The fraction of sp³-hybridized carbons (Fsp3) is 0.269. The van der Waals surface area contributed by atoms with Crippen LogP contribution in [0.5, 0.6) is 0 Å². The van der Waals surface area contributed by atoms with E-state index in [4.69, 9.17) is 10.8 Å². The normalized spacial score (nSPS) is 15.2. The van der Waals surface area contributed by atoms with Crippen LogP contribution in [0.2, 0.25) is 0 Å². The number of carbonyl (C=O) groups is 1. The van der Waals surface area contributed by atoms with E-state index in [1.165, 1.54) is 41.7 Å². The van der Waals surface area contributed by atoms with E-state index in [1.54, 1.807) is 30.5 Å². The zero-order valence-electron chi connectivity index (χ0n) is 20.1. The highest BCUT2D eigenvalue weighted by molar-refractivity contribution is 7.17. The molecule has 0 saturated carbocycles. The van der Waals surface area contributed by atoms with Crippen molar-refractivity contribution in [3.05, 3.63) is 76.7 Å². The van der Waals surface area contributed by atoms with Gasteiger partial charge in [0.1, 0.15) is 11.2 Å². The highest BCUT2D eigenvalue weighted by atomic mass is 32.1. The molecule has 37 heavy (non-hydrogen) atoms. The average Bonchev–Trinajstić information content (AvgIpc) is 3.40. The number of benzene rings is 1. The maximum Gasteiger partial charge on any atom is 0.331 e. The number of likely N-dealkylation sites (N-methyl/N-ethyl adjacent to an activating group) is 1. The number of rotatable bonds is 6. The summed E-state index contributed by atoms with van der Waals surface area (Å²) in [5.74, 6) is -4.84. The molecule has 2 N–H and O–H groups in total. The van der Waals surface area contributed by atoms with Gasteiger partial charge >= 0.3 is 5.92 Å². The summed E-state index contributed by atoms with van der Waals surface area (Å²) < 4.78 is 31.4. The Morgan fingerprint density at radius 3 is 2.65 bits per heavy atom. The molecule has 11 heteroatoms. The fourth-order valence-electron chi connectivity index (χ4n) is 4.18. The Balaban J connectivity index is 1.38. The molecule has 0 unspecified atom stereocenters. The predicted molar refractivity (Wildman–Crippen MR) is 138 cm³/mol. The van der Waals surface area contributed by atoms with Crippen LogP contribution >= 0.6 is 11.3 Å². The van der Waals surface area contributed by atoms with E-state index in [0.29, 0.717) is 37.6 Å². The van der Waals surface area contributed by atoms with Crippen LogP contribution in [0, 0.1) is 10.8 Å². The zero-order chi connectivity index (χ0) is 26.2. The Morgan fingerprint density at radius 1 is 1.08 bits per heavy atom. The highest BCUT2D eigenvalue weighted by Gasteiger charge is 2.39. The molecule has 5 rings (SSSR count). The molecule has 0 amide bonds. The second-order valence-corrected chi connectivity index (χ2v) is 10.1. The molecule has 0 bridgehead atoms. The third kappa shape index (κ3) is 5.10. The lowest BCUT2D eigenvalue weighted by atomic mass is 10.0. The number of halogens is 2. The van der Waals surface area contributed by atoms with Crippen LogP contribution in [-0.2, 0) is 5.92 Å². The highest BCUT2D eigenvalue weighted by Crippen LogP contribution is 2.32. The molecule has 1 aromatic carbocycles. The molecule has 1 aliphatic rings. The molecular weight excluding hydrogens is 496 g/mol. The number of hydrogen-bond donors (Lipinski definition) is 2. The number of Topliss-reactive ketones (excluding diaryl/α,β-unsaturated/α-hetero) is 1. The molecule has 0 radical (unpaired) electrons. The van der Waals surface area contributed by atoms with E-state index >= 15 is 8.78 Å². The molecule has 0 atom stereocenters. The van der Waals surface area contributed by atoms with Crippen LogP contribution in [0.25, 0.3) is 21.5 Å². The fourth-order valence-corrected chi connectivity index (χ4v) is 5.08. The lowest BCUT2D eigenvalue weighted by Gasteiger charge is -2.31. The lowest BCUT2D eigenvalue weighted by Crippen LogP contribution is -2.46. The largest absolute Gasteiger partial charge is 0.331 e. The van der Waals surface area contributed by atoms with E-state index in [1.807, 2.05) is 0 Å². The summed E-state index contributed by atoms with van der Waals surface area (Å²) in [6.07, 6.45) is 1.58. The molecule has 8 nitrogen and oxygen atoms in total. The number of nitrogens with zero attached hydrogens (tertiary/aromatic N) is 5. The van der Waals surface area contributed by atoms with E-state index in [2.05, 4.69) is 26.9 Å². The third-order valence-corrected chi connectivity index (χ3v) is 7.55. The van der Waals surface area contributed by atoms with Gasteiger partial charge in [-0.15, -0.1) is 11.3 Å². The molecule has 1 saturated heterocycles. The van der Waals surface area contributed by atoms with Crippen molar-refractivity contribution in [1.29, 1.82) is 10.8 Å². The second-order valence-electron chi connectivity index (χ2n) is 9.02. The zero-order valence-corrected chi connectivity index (χ0v) is 20.9. The van der Waals surface area contributed by atoms with Crippen LogP contribution in [-0.4, -0.2) is 76.0 Å². The Morgan fingerprint density at radius 2 is 1.86 bits per heavy atom. The topological polar surface area (TPSA) is 102 Å². The van der Waals surface area contributed by atoms with Gasteiger partial charge in [0.15, 0.2) is 11.6 Å². The number of piperazine rings is 1. The lowest BCUT2D eigenvalue weighted by molar-refractivity contribution is 0.0697. The second kappa shape index (κ2) is 10.0. The summed E-state index contributed by atoms with van der Waals surface area (Å²) in [6, 6.07) is 13.6. The van der Waals surface area contributed by atoms with Crippen molar-refractivity contribution in [3.8, 4) is 10.6 Å². The minimum atomic E-state index is -3.70. The molecule has 1 aliphatic heterocycles. The van der Waals surface area contributed by atoms with Crippen LogP contribution < -0.4 is 5.49 Å². The molecule has 1 fully saturated rings. The number of carbonyl (C=O) groups excluding carboxylic acids is 1. The van der Waals surface area contributed by atoms with Gasteiger partial charge in [-0.3, -0.25) is 25.5 Å². The Labute approximate surface area is 215 Å². The van der Waals surface area contributed by atoms with Crippen molar-refractivity contribution >= 4 is 33.9 Å². The summed E-state index contributed by atoms with van der Waals surface area (Å²) in [5, 5.41) is 21.1. The molecular formula is C26H25F2N7OS. The number of nitrogens with one attached hydrogen (secondary N) is 2. The van der Waals surface area contributed by atoms with Crippen molar-refractivity contribution in [2.75, 3.05) is 39.8 Å². The standard InChI is InChI=1S/C26H25F2N7OS/c1-33-11-13-34(14-12-33)16-21(36)23-8-7-22(37-23)20-6-9-24(29)35(32-20)25(30)26(27,28)18-4-5-19-17(15-18)3-2-10-31-19/h2-10,15,29-30H,11-14,16H2,1H3. The van der Waals surface area contributed by atoms with Gasteiger partial charge in [0.05, 0.1) is 21.8 Å². The Kier molecular flexibility index (Phi) is 6.76. The van der Waals surface area contributed by atoms with Gasteiger partial charge in [-0.25, -0.2) is 0 Å². The van der Waals surface area contributed by atoms with Gasteiger partial charge in [-0.05, 0) is 49.5 Å². The molecule has 4 aromatic rings. The maximum absolute atomic E-state index is 15.4. The van der Waals surface area contributed by atoms with Crippen LogP contribution in [0.4, 0.5) is 8.78 Å². The molecule has 0 spiro atoms. The van der Waals surface area contributed by atoms with Gasteiger partial charge in [0.2, 0.25) is 0 Å². The molecule has 190 valence electrons. The van der Waals surface area contributed by atoms with E-state index in [-0.39, 0.29) is 16.8 Å². The first-order valence-corrected chi connectivity index (χ1v) is 12.6. The van der Waals surface area contributed by atoms with Crippen molar-refractivity contribution in [2.24, 2.45) is 0 Å². The summed E-state index contributed by atoms with van der Waals surface area (Å²) in [5.41, 5.74) is 0.143. The maximum atomic E-state index is 15.4. The van der Waals surface area contributed by atoms with Crippen molar-refractivity contribution < 1.29 is 13.6 Å². The number of hydrogen-bond acceptors (Lipinski definition) is 8. The minimum absolute atomic E-state index is 0.00383. The molecule has 0 aliphatic carbocycles. The quantitative estimate of drug-likeness (QED) is 0.229. The van der Waals surface area contributed by atoms with Gasteiger partial charge < -0.3 is 4.90 Å². The first kappa shape index (κ1) is 25.0. The Bertz CT molecular complexity index is 1540. The SMILES string of the molecule is CN1CCN(CC(=O)c2ccc(-c3ccc(=N)n(C(=N)C(F)(F)c4ccc5ncccc5c4)n3)s2)CC1. The Hall–Kier alpha value is -3.67. The van der Waals surface area contributed by atoms with Crippen LogP contribution in [0.3, 0.4) is 0 Å². The first-order valence-electron chi connectivity index (χ1n) is 11.7. The molecule has 4 heterocycles. The van der Waals surface area contributed by atoms with Crippen LogP contribution in [0.1, 0.15) is 15.2 Å². The number of ketones is 1. The van der Waals surface area contributed by atoms with Gasteiger partial charge in [0.25, 0.3) is 0 Å². The van der Waals surface area contributed by atoms with Crippen molar-refractivity contribution in [3.63, 3.8) is 0 Å². The number of thiophene rings is 1. The predicted octanol–water partition coefficient (Wildman–Crippen LogP) is 3.69. The minimum Gasteiger partial charge on any atom is -0.304 e.